The summed E-state index contributed by atoms with van der Waals surface area (Å²) in [4.78, 5) is 0. The van der Waals surface area contributed by atoms with Gasteiger partial charge in [-0.1, -0.05) is 0 Å². The molecule has 0 aromatic rings. The lowest BCUT2D eigenvalue weighted by Gasteiger charge is -2.47. The average molecular weight is 177 g/mol. The van der Waals surface area contributed by atoms with Gasteiger partial charge in [-0.05, 0) is 0 Å². The van der Waals surface area contributed by atoms with Crippen LogP contribution in [0.25, 0.3) is 0 Å². The summed E-state index contributed by atoms with van der Waals surface area (Å²) in [6, 6.07) is 0. The zero-order chi connectivity index (χ0) is 8.98. The monoisotopic (exact) mass is 177 g/mol. The largest absolute Gasteiger partial charge is 0.392 e. The molecule has 3 rings (SSSR count). The predicted molar refractivity (Wildman–Crippen MR) is 35.9 cm³/mol. The minimum absolute atomic E-state index is 0.438. The van der Waals surface area contributed by atoms with Gasteiger partial charge in [0.15, 0.2) is 11.4 Å². The maximum absolute atomic E-state index is 9.35. The summed E-state index contributed by atoms with van der Waals surface area (Å²) in [7, 11) is 0. The second-order valence-electron chi connectivity index (χ2n) is 3.21. The van der Waals surface area contributed by atoms with Crippen LogP contribution in [0.5, 0.6) is 0 Å². The van der Waals surface area contributed by atoms with Crippen molar-refractivity contribution in [2.24, 2.45) is 0 Å². The summed E-state index contributed by atoms with van der Waals surface area (Å²) in [6.45, 7) is -0.875. The van der Waals surface area contributed by atoms with Crippen LogP contribution in [0.4, 0.5) is 0 Å². The molecule has 0 saturated carbocycles. The van der Waals surface area contributed by atoms with E-state index in [-0.39, 0.29) is 0 Å². The number of fused-ring (bicyclic) bond motifs is 1. The van der Waals surface area contributed by atoms with Crippen molar-refractivity contribution in [2.75, 3.05) is 13.2 Å². The highest BCUT2D eigenvalue weighted by atomic mass is 16.7. The Morgan fingerprint density at radius 2 is 1.42 bits per heavy atom. The zero-order valence-electron chi connectivity index (χ0n) is 6.27. The van der Waals surface area contributed by atoms with Crippen molar-refractivity contribution in [1.29, 1.82) is 0 Å². The number of nitrogens with one attached hydrogen (secondary N) is 1. The van der Waals surface area contributed by atoms with E-state index >= 15 is 0 Å². The second kappa shape index (κ2) is 2.16. The molecular formula is C6H11NO5. The quantitative estimate of drug-likeness (QED) is 0.303. The maximum atomic E-state index is 9.35. The van der Waals surface area contributed by atoms with Crippen LogP contribution < -0.4 is 5.32 Å². The fourth-order valence-electron chi connectivity index (χ4n) is 1.80. The van der Waals surface area contributed by atoms with Gasteiger partial charge >= 0.3 is 0 Å². The van der Waals surface area contributed by atoms with Gasteiger partial charge in [-0.2, -0.15) is 0 Å². The summed E-state index contributed by atoms with van der Waals surface area (Å²) in [5.41, 5.74) is -2.55. The number of hydrogen-bond acceptors (Lipinski definition) is 6. The van der Waals surface area contributed by atoms with Crippen molar-refractivity contribution in [3.63, 3.8) is 0 Å². The number of hydrogen-bond donors (Lipinski definition) is 5. The molecule has 0 spiro atoms. The van der Waals surface area contributed by atoms with E-state index in [4.69, 9.17) is 14.9 Å². The molecule has 2 bridgehead atoms. The first-order chi connectivity index (χ1) is 5.60. The first-order valence-corrected chi connectivity index (χ1v) is 3.67. The lowest BCUT2D eigenvalue weighted by atomic mass is 10.1. The van der Waals surface area contributed by atoms with Gasteiger partial charge in [-0.3, -0.25) is 5.32 Å². The highest BCUT2D eigenvalue weighted by molar-refractivity contribution is 5.18. The SMILES string of the molecule is OCC12NC(CO)(O1)C(O)C2O. The van der Waals surface area contributed by atoms with Crippen LogP contribution in [0.15, 0.2) is 0 Å². The number of aliphatic hydroxyl groups is 4. The van der Waals surface area contributed by atoms with Crippen molar-refractivity contribution in [1.82, 2.24) is 5.32 Å². The molecule has 70 valence electrons. The van der Waals surface area contributed by atoms with E-state index in [1.54, 1.807) is 0 Å². The van der Waals surface area contributed by atoms with Crippen LogP contribution in [0.2, 0.25) is 0 Å². The van der Waals surface area contributed by atoms with Crippen molar-refractivity contribution < 1.29 is 25.2 Å². The minimum atomic E-state index is -1.28. The topological polar surface area (TPSA) is 102 Å². The van der Waals surface area contributed by atoms with E-state index in [2.05, 4.69) is 5.32 Å². The van der Waals surface area contributed by atoms with Crippen molar-refractivity contribution in [2.45, 2.75) is 23.7 Å². The van der Waals surface area contributed by atoms with Gasteiger partial charge in [0.05, 0.1) is 13.2 Å². The highest BCUT2D eigenvalue weighted by Gasteiger charge is 2.73. The molecule has 6 nitrogen and oxygen atoms in total. The molecule has 3 aliphatic heterocycles. The molecule has 5 N–H and O–H groups in total. The average Bonchev–Trinajstić information content (AvgIpc) is 2.34. The standard InChI is InChI=1S/C6H11NO5/c8-1-5-3(10)4(11)6(2-9,7-5)12-5/h3-4,7-11H,1-2H2. The maximum Gasteiger partial charge on any atom is 0.176 e. The molecule has 4 unspecified atom stereocenters. The third kappa shape index (κ3) is 0.657. The second-order valence-corrected chi connectivity index (χ2v) is 3.21. The van der Waals surface area contributed by atoms with Gasteiger partial charge in [-0.25, -0.2) is 0 Å². The fourth-order valence-corrected chi connectivity index (χ4v) is 1.80. The fraction of sp³-hybridized carbons (Fsp3) is 1.00. The summed E-state index contributed by atoms with van der Waals surface area (Å²) >= 11 is 0. The molecule has 0 amide bonds. The molecular weight excluding hydrogens is 166 g/mol. The summed E-state index contributed by atoms with van der Waals surface area (Å²) in [5.74, 6) is 0. The van der Waals surface area contributed by atoms with Gasteiger partial charge < -0.3 is 25.2 Å². The summed E-state index contributed by atoms with van der Waals surface area (Å²) in [6.07, 6.45) is -2.40. The lowest BCUT2D eigenvalue weighted by Crippen LogP contribution is -2.73. The Balaban J connectivity index is 2.23. The van der Waals surface area contributed by atoms with Crippen molar-refractivity contribution in [3.05, 3.63) is 0 Å². The Kier molecular flexibility index (Phi) is 1.51. The molecule has 0 aliphatic carbocycles. The van der Waals surface area contributed by atoms with Crippen LogP contribution in [-0.4, -0.2) is 57.3 Å². The molecule has 3 aliphatic rings. The van der Waals surface area contributed by atoms with Gasteiger partial charge in [0.1, 0.15) is 12.2 Å². The van der Waals surface area contributed by atoms with Crippen molar-refractivity contribution >= 4 is 0 Å². The van der Waals surface area contributed by atoms with E-state index in [9.17, 15) is 10.2 Å². The molecule has 0 aromatic heterocycles. The molecule has 6 heteroatoms. The predicted octanol–water partition coefficient (Wildman–Crippen LogP) is -3.28. The third-order valence-corrected chi connectivity index (χ3v) is 2.51. The van der Waals surface area contributed by atoms with E-state index < -0.39 is 36.9 Å². The van der Waals surface area contributed by atoms with Crippen LogP contribution >= 0.6 is 0 Å². The third-order valence-electron chi connectivity index (χ3n) is 2.51. The van der Waals surface area contributed by atoms with Gasteiger partial charge in [0.2, 0.25) is 0 Å². The highest BCUT2D eigenvalue weighted by Crippen LogP contribution is 2.45. The number of aliphatic hydroxyl groups excluding tert-OH is 4. The van der Waals surface area contributed by atoms with E-state index in [0.717, 1.165) is 0 Å². The summed E-state index contributed by atoms with van der Waals surface area (Å²) < 4.78 is 5.04. The smallest absolute Gasteiger partial charge is 0.176 e. The minimum Gasteiger partial charge on any atom is -0.392 e. The van der Waals surface area contributed by atoms with Crippen LogP contribution in [0, 0.1) is 0 Å². The molecule has 3 saturated heterocycles. The molecule has 4 atom stereocenters. The van der Waals surface area contributed by atoms with Gasteiger partial charge in [0, 0.05) is 0 Å². The zero-order valence-corrected chi connectivity index (χ0v) is 6.27. The first kappa shape index (κ1) is 8.36. The molecule has 3 heterocycles. The Bertz CT molecular complexity index is 182. The van der Waals surface area contributed by atoms with Gasteiger partial charge in [0.25, 0.3) is 0 Å². The van der Waals surface area contributed by atoms with E-state index in [1.165, 1.54) is 0 Å². The molecule has 12 heavy (non-hydrogen) atoms. The van der Waals surface area contributed by atoms with E-state index in [0.29, 0.717) is 0 Å². The van der Waals surface area contributed by atoms with Crippen LogP contribution in [0.3, 0.4) is 0 Å². The molecule has 0 radical (unpaired) electrons. The number of rotatable bonds is 2. The lowest BCUT2D eigenvalue weighted by molar-refractivity contribution is -0.300. The van der Waals surface area contributed by atoms with Gasteiger partial charge in [-0.15, -0.1) is 0 Å². The Morgan fingerprint density at radius 1 is 1.08 bits per heavy atom. The van der Waals surface area contributed by atoms with Crippen LogP contribution in [0.1, 0.15) is 0 Å². The Morgan fingerprint density at radius 3 is 1.58 bits per heavy atom. The molecule has 0 aromatic carbocycles. The Labute approximate surface area is 68.4 Å². The Hall–Kier alpha value is -0.240. The van der Waals surface area contributed by atoms with Crippen LogP contribution in [-0.2, 0) is 4.74 Å². The molecule has 3 fully saturated rings. The van der Waals surface area contributed by atoms with E-state index in [1.807, 2.05) is 0 Å². The summed E-state index contributed by atoms with van der Waals surface area (Å²) in [5, 5.41) is 39.0. The number of ether oxygens (including phenoxy) is 1. The normalized spacial score (nSPS) is 57.0. The van der Waals surface area contributed by atoms with Crippen molar-refractivity contribution in [3.8, 4) is 0 Å². The first-order valence-electron chi connectivity index (χ1n) is 3.67.